The first-order valence-electron chi connectivity index (χ1n) is 3.31. The summed E-state index contributed by atoms with van der Waals surface area (Å²) in [5, 5.41) is 2.73. The Kier molecular flexibility index (Phi) is 3.80. The Balaban J connectivity index is 3.32. The van der Waals surface area contributed by atoms with Crippen molar-refractivity contribution in [3.8, 4) is 0 Å². The van der Waals surface area contributed by atoms with Gasteiger partial charge < -0.3 is 5.73 Å². The highest BCUT2D eigenvalue weighted by atomic mass is 35.5. The summed E-state index contributed by atoms with van der Waals surface area (Å²) >= 11 is 21.3. The van der Waals surface area contributed by atoms with Crippen LogP contribution >= 0.6 is 47.4 Å². The lowest BCUT2D eigenvalue weighted by atomic mass is 10.2. The van der Waals surface area contributed by atoms with Crippen LogP contribution in [-0.2, 0) is 0 Å². The Labute approximate surface area is 96.9 Å². The Morgan fingerprint density at radius 2 is 1.69 bits per heavy atom. The van der Waals surface area contributed by atoms with E-state index >= 15 is 0 Å². The van der Waals surface area contributed by atoms with Crippen molar-refractivity contribution in [2.24, 2.45) is 5.73 Å². The van der Waals surface area contributed by atoms with Crippen molar-refractivity contribution in [3.63, 3.8) is 0 Å². The molecule has 13 heavy (non-hydrogen) atoms. The highest BCUT2D eigenvalue weighted by Crippen LogP contribution is 2.31. The maximum absolute atomic E-state index is 5.88. The largest absolute Gasteiger partial charge is 0.398 e. The molecule has 1 nitrogen and oxygen atoms in total. The lowest BCUT2D eigenvalue weighted by molar-refractivity contribution is 1.53. The predicted molar refractivity (Wildman–Crippen MR) is 62.6 cm³/mol. The van der Waals surface area contributed by atoms with Gasteiger partial charge in [-0.1, -0.05) is 34.8 Å². The molecule has 0 saturated carbocycles. The highest BCUT2D eigenvalue weighted by molar-refractivity contribution is 7.83. The molecule has 1 aromatic carbocycles. The Morgan fingerprint density at radius 1 is 1.15 bits per heavy atom. The van der Waals surface area contributed by atoms with Crippen molar-refractivity contribution < 1.29 is 0 Å². The smallest absolute Gasteiger partial charge is 0.0607 e. The molecule has 0 fully saturated rings. The van der Waals surface area contributed by atoms with Gasteiger partial charge in [0.25, 0.3) is 0 Å². The third-order valence-corrected chi connectivity index (χ3v) is 2.77. The molecule has 0 atom stereocenters. The van der Waals surface area contributed by atoms with Gasteiger partial charge in [-0.05, 0) is 17.5 Å². The van der Waals surface area contributed by atoms with Crippen molar-refractivity contribution in [1.29, 1.82) is 0 Å². The average Bonchev–Trinajstić information content (AvgIpc) is 2.10. The van der Waals surface area contributed by atoms with Gasteiger partial charge in [0.15, 0.2) is 0 Å². The SMILES string of the molecule is N/C(=C\S)c1cc(Cl)c(Cl)cc1Cl. The van der Waals surface area contributed by atoms with Gasteiger partial charge in [0.1, 0.15) is 0 Å². The van der Waals surface area contributed by atoms with Crippen molar-refractivity contribution in [1.82, 2.24) is 0 Å². The van der Waals surface area contributed by atoms with Crippen LogP contribution in [0.15, 0.2) is 17.5 Å². The van der Waals surface area contributed by atoms with E-state index in [1.54, 1.807) is 12.1 Å². The zero-order valence-electron chi connectivity index (χ0n) is 6.39. The van der Waals surface area contributed by atoms with Gasteiger partial charge in [-0.2, -0.15) is 0 Å². The summed E-state index contributed by atoms with van der Waals surface area (Å²) in [6.07, 6.45) is 0. The van der Waals surface area contributed by atoms with Crippen LogP contribution in [-0.4, -0.2) is 0 Å². The van der Waals surface area contributed by atoms with Gasteiger partial charge in [-0.25, -0.2) is 0 Å². The standard InChI is InChI=1S/C8H6Cl3NS/c9-5-2-7(11)6(10)1-4(5)8(12)3-13/h1-3,13H,12H2/b8-3-. The second-order valence-corrected chi connectivity index (χ2v) is 3.81. The summed E-state index contributed by atoms with van der Waals surface area (Å²) in [4.78, 5) is 0. The molecular formula is C8H6Cl3NS. The summed E-state index contributed by atoms with van der Waals surface area (Å²) in [5.41, 5.74) is 6.69. The lowest BCUT2D eigenvalue weighted by Crippen LogP contribution is -1.96. The monoisotopic (exact) mass is 253 g/mol. The summed E-state index contributed by atoms with van der Waals surface area (Å²) in [7, 11) is 0. The molecule has 5 heteroatoms. The first-order chi connectivity index (χ1) is 6.06. The number of halogens is 3. The Bertz CT molecular complexity index is 363. The minimum absolute atomic E-state index is 0.405. The summed E-state index contributed by atoms with van der Waals surface area (Å²) in [6.45, 7) is 0. The van der Waals surface area contributed by atoms with Crippen molar-refractivity contribution in [2.45, 2.75) is 0 Å². The fraction of sp³-hybridized carbons (Fsp3) is 0. The van der Waals surface area contributed by atoms with Gasteiger partial charge in [-0.15, -0.1) is 12.6 Å². The fourth-order valence-corrected chi connectivity index (χ4v) is 1.61. The van der Waals surface area contributed by atoms with Gasteiger partial charge in [0.2, 0.25) is 0 Å². The van der Waals surface area contributed by atoms with Crippen LogP contribution in [0, 0.1) is 0 Å². The summed E-state index contributed by atoms with van der Waals surface area (Å²) in [6, 6.07) is 3.15. The highest BCUT2D eigenvalue weighted by Gasteiger charge is 2.07. The second-order valence-electron chi connectivity index (χ2n) is 2.33. The fourth-order valence-electron chi connectivity index (χ4n) is 0.813. The molecule has 0 aliphatic heterocycles. The minimum atomic E-state index is 0.405. The van der Waals surface area contributed by atoms with Crippen LogP contribution in [0.3, 0.4) is 0 Å². The predicted octanol–water partition coefficient (Wildman–Crippen LogP) is 3.83. The van der Waals surface area contributed by atoms with E-state index in [9.17, 15) is 0 Å². The quantitative estimate of drug-likeness (QED) is 0.578. The van der Waals surface area contributed by atoms with Crippen molar-refractivity contribution in [2.75, 3.05) is 0 Å². The molecule has 0 heterocycles. The maximum Gasteiger partial charge on any atom is 0.0607 e. The second kappa shape index (κ2) is 4.47. The number of thiol groups is 1. The van der Waals surface area contributed by atoms with Gasteiger partial charge in [0.05, 0.1) is 15.1 Å². The zero-order chi connectivity index (χ0) is 10.0. The molecule has 0 spiro atoms. The number of rotatable bonds is 1. The van der Waals surface area contributed by atoms with Gasteiger partial charge in [0, 0.05) is 11.3 Å². The molecule has 1 rings (SSSR count). The van der Waals surface area contributed by atoms with Crippen molar-refractivity contribution >= 4 is 53.1 Å². The third-order valence-electron chi connectivity index (χ3n) is 1.46. The zero-order valence-corrected chi connectivity index (χ0v) is 9.55. The topological polar surface area (TPSA) is 26.0 Å². The van der Waals surface area contributed by atoms with Crippen LogP contribution in [0.5, 0.6) is 0 Å². The number of hydrogen-bond donors (Lipinski definition) is 2. The molecule has 1 aromatic rings. The normalized spacial score (nSPS) is 11.8. The van der Waals surface area contributed by atoms with Gasteiger partial charge in [-0.3, -0.25) is 0 Å². The van der Waals surface area contributed by atoms with Gasteiger partial charge >= 0.3 is 0 Å². The van der Waals surface area contributed by atoms with Crippen LogP contribution in [0.1, 0.15) is 5.56 Å². The number of nitrogens with two attached hydrogens (primary N) is 1. The summed E-state index contributed by atoms with van der Waals surface area (Å²) < 4.78 is 0. The van der Waals surface area contributed by atoms with E-state index < -0.39 is 0 Å². The van der Waals surface area contributed by atoms with E-state index in [1.165, 1.54) is 5.41 Å². The number of hydrogen-bond acceptors (Lipinski definition) is 2. The number of benzene rings is 1. The van der Waals surface area contributed by atoms with Crippen LogP contribution in [0.25, 0.3) is 5.70 Å². The maximum atomic E-state index is 5.88. The van der Waals surface area contributed by atoms with E-state index in [-0.39, 0.29) is 0 Å². The third kappa shape index (κ3) is 2.47. The molecule has 0 saturated heterocycles. The molecule has 0 aromatic heterocycles. The minimum Gasteiger partial charge on any atom is -0.398 e. The van der Waals surface area contributed by atoms with E-state index in [0.717, 1.165) is 0 Å². The molecule has 2 N–H and O–H groups in total. The van der Waals surface area contributed by atoms with Crippen LogP contribution in [0.2, 0.25) is 15.1 Å². The van der Waals surface area contributed by atoms with E-state index in [2.05, 4.69) is 12.6 Å². The molecule has 0 aliphatic carbocycles. The van der Waals surface area contributed by atoms with Crippen LogP contribution < -0.4 is 5.73 Å². The lowest BCUT2D eigenvalue weighted by Gasteiger charge is -2.05. The first-order valence-corrected chi connectivity index (χ1v) is 4.96. The molecule has 70 valence electrons. The molecular weight excluding hydrogens is 249 g/mol. The van der Waals surface area contributed by atoms with E-state index in [1.807, 2.05) is 0 Å². The molecule has 0 bridgehead atoms. The Hall–Kier alpha value is -0.0200. The molecule has 0 unspecified atom stereocenters. The Morgan fingerprint density at radius 3 is 2.23 bits per heavy atom. The molecule has 0 amide bonds. The van der Waals surface area contributed by atoms with E-state index in [0.29, 0.717) is 26.3 Å². The van der Waals surface area contributed by atoms with Crippen molar-refractivity contribution in [3.05, 3.63) is 38.2 Å². The summed E-state index contributed by atoms with van der Waals surface area (Å²) in [5.74, 6) is 0. The molecule has 0 radical (unpaired) electrons. The average molecular weight is 255 g/mol. The first kappa shape index (κ1) is 11.1. The van der Waals surface area contributed by atoms with E-state index in [4.69, 9.17) is 40.5 Å². The van der Waals surface area contributed by atoms with Crippen LogP contribution in [0.4, 0.5) is 0 Å². The molecule has 0 aliphatic rings.